The Hall–Kier alpha value is -1.02. The molecule has 1 heterocycles. The number of amides is 1. The van der Waals surface area contributed by atoms with E-state index >= 15 is 0 Å². The van der Waals surface area contributed by atoms with Gasteiger partial charge in [0, 0.05) is 17.0 Å². The van der Waals surface area contributed by atoms with Crippen LogP contribution < -0.4 is 0 Å². The van der Waals surface area contributed by atoms with Crippen LogP contribution in [0.3, 0.4) is 0 Å². The summed E-state index contributed by atoms with van der Waals surface area (Å²) >= 11 is 5.91. The number of hydrogen-bond donors (Lipinski definition) is 0. The summed E-state index contributed by atoms with van der Waals surface area (Å²) in [4.78, 5) is 14.4. The average molecular weight is 266 g/mol. The van der Waals surface area contributed by atoms with Gasteiger partial charge in [-0.05, 0) is 30.5 Å². The Kier molecular flexibility index (Phi) is 3.67. The third kappa shape index (κ3) is 2.69. The Morgan fingerprint density at radius 1 is 1.28 bits per heavy atom. The van der Waals surface area contributed by atoms with Crippen LogP contribution in [0.4, 0.5) is 0 Å². The first kappa shape index (κ1) is 13.4. The Morgan fingerprint density at radius 3 is 2.44 bits per heavy atom. The number of benzene rings is 1. The van der Waals surface area contributed by atoms with Crippen molar-refractivity contribution in [1.82, 2.24) is 4.90 Å². The molecule has 2 nitrogen and oxygen atoms in total. The van der Waals surface area contributed by atoms with Gasteiger partial charge in [0.1, 0.15) is 0 Å². The Bertz CT molecular complexity index is 433. The third-order valence-electron chi connectivity index (χ3n) is 3.41. The van der Waals surface area contributed by atoms with Crippen LogP contribution in [-0.4, -0.2) is 17.4 Å². The van der Waals surface area contributed by atoms with Gasteiger partial charge in [0.05, 0.1) is 6.04 Å². The quantitative estimate of drug-likeness (QED) is 0.750. The van der Waals surface area contributed by atoms with Gasteiger partial charge in [0.25, 0.3) is 0 Å². The molecule has 1 saturated heterocycles. The molecule has 0 bridgehead atoms. The van der Waals surface area contributed by atoms with Crippen molar-refractivity contribution in [2.75, 3.05) is 6.54 Å². The first-order valence-electron chi connectivity index (χ1n) is 6.46. The number of hydrogen-bond acceptors (Lipinski definition) is 1. The Morgan fingerprint density at radius 2 is 1.89 bits per heavy atom. The predicted octanol–water partition coefficient (Wildman–Crippen LogP) is 4.05. The summed E-state index contributed by atoms with van der Waals surface area (Å²) < 4.78 is 0. The smallest absolute Gasteiger partial charge is 0.228 e. The second-order valence-corrected chi connectivity index (χ2v) is 6.39. The zero-order valence-electron chi connectivity index (χ0n) is 11.2. The van der Waals surface area contributed by atoms with E-state index in [0.29, 0.717) is 0 Å². The molecule has 1 atom stereocenters. The highest BCUT2D eigenvalue weighted by Gasteiger charge is 2.35. The molecule has 3 heteroatoms. The maximum absolute atomic E-state index is 12.4. The van der Waals surface area contributed by atoms with Crippen LogP contribution in [-0.2, 0) is 4.79 Å². The van der Waals surface area contributed by atoms with Gasteiger partial charge >= 0.3 is 0 Å². The molecule has 0 aliphatic carbocycles. The highest BCUT2D eigenvalue weighted by Crippen LogP contribution is 2.35. The predicted molar refractivity (Wildman–Crippen MR) is 74.6 cm³/mol. The molecule has 0 saturated carbocycles. The SMILES string of the molecule is CC(C)(C)C(=O)N1CCCC1c1ccc(Cl)cc1. The molecule has 1 aliphatic rings. The van der Waals surface area contributed by atoms with Gasteiger partial charge in [-0.3, -0.25) is 4.79 Å². The summed E-state index contributed by atoms with van der Waals surface area (Å²) in [5.41, 5.74) is 0.879. The van der Waals surface area contributed by atoms with Crippen molar-refractivity contribution in [3.8, 4) is 0 Å². The average Bonchev–Trinajstić information content (AvgIpc) is 2.76. The van der Waals surface area contributed by atoms with E-state index < -0.39 is 0 Å². The zero-order chi connectivity index (χ0) is 13.3. The van der Waals surface area contributed by atoms with Crippen LogP contribution in [0.1, 0.15) is 45.2 Å². The molecule has 2 rings (SSSR count). The fourth-order valence-electron chi connectivity index (χ4n) is 2.47. The standard InChI is InChI=1S/C15H20ClNO/c1-15(2,3)14(18)17-10-4-5-13(17)11-6-8-12(16)9-7-11/h6-9,13H,4-5,10H2,1-3H3. The lowest BCUT2D eigenvalue weighted by molar-refractivity contribution is -0.140. The Balaban J connectivity index is 2.22. The number of rotatable bonds is 1. The first-order valence-corrected chi connectivity index (χ1v) is 6.84. The van der Waals surface area contributed by atoms with E-state index in [9.17, 15) is 4.79 Å². The fourth-order valence-corrected chi connectivity index (χ4v) is 2.60. The Labute approximate surface area is 114 Å². The van der Waals surface area contributed by atoms with E-state index in [4.69, 9.17) is 11.6 Å². The maximum Gasteiger partial charge on any atom is 0.228 e. The lowest BCUT2D eigenvalue weighted by atomic mass is 9.93. The summed E-state index contributed by atoms with van der Waals surface area (Å²) in [5.74, 6) is 0.236. The van der Waals surface area contributed by atoms with Crippen molar-refractivity contribution in [3.05, 3.63) is 34.9 Å². The minimum atomic E-state index is -0.311. The lowest BCUT2D eigenvalue weighted by Gasteiger charge is -2.31. The van der Waals surface area contributed by atoms with Gasteiger partial charge < -0.3 is 4.90 Å². The number of carbonyl (C=O) groups is 1. The second-order valence-electron chi connectivity index (χ2n) is 5.96. The van der Waals surface area contributed by atoms with Crippen molar-refractivity contribution in [2.45, 2.75) is 39.7 Å². The molecule has 1 aliphatic heterocycles. The van der Waals surface area contributed by atoms with Gasteiger partial charge in [-0.1, -0.05) is 44.5 Å². The molecule has 0 aromatic heterocycles. The van der Waals surface area contributed by atoms with E-state index in [1.54, 1.807) is 0 Å². The zero-order valence-corrected chi connectivity index (χ0v) is 12.0. The molecule has 1 aromatic carbocycles. The number of likely N-dealkylation sites (tertiary alicyclic amines) is 1. The van der Waals surface area contributed by atoms with Crippen LogP contribution in [0.15, 0.2) is 24.3 Å². The van der Waals surface area contributed by atoms with E-state index in [-0.39, 0.29) is 17.4 Å². The van der Waals surface area contributed by atoms with Crippen LogP contribution in [0.5, 0.6) is 0 Å². The van der Waals surface area contributed by atoms with Crippen molar-refractivity contribution in [2.24, 2.45) is 5.41 Å². The van der Waals surface area contributed by atoms with Crippen molar-refractivity contribution in [3.63, 3.8) is 0 Å². The molecule has 0 N–H and O–H groups in total. The minimum Gasteiger partial charge on any atom is -0.335 e. The van der Waals surface area contributed by atoms with Gasteiger partial charge in [0.15, 0.2) is 0 Å². The van der Waals surface area contributed by atoms with Crippen molar-refractivity contribution < 1.29 is 4.79 Å². The number of halogens is 1. The van der Waals surface area contributed by atoms with Gasteiger partial charge in [-0.15, -0.1) is 0 Å². The van der Waals surface area contributed by atoms with Crippen molar-refractivity contribution >= 4 is 17.5 Å². The highest BCUT2D eigenvalue weighted by atomic mass is 35.5. The second kappa shape index (κ2) is 4.93. The number of carbonyl (C=O) groups excluding carboxylic acids is 1. The molecule has 1 fully saturated rings. The minimum absolute atomic E-state index is 0.217. The summed E-state index contributed by atoms with van der Waals surface area (Å²) in [6.45, 7) is 6.80. The molecule has 18 heavy (non-hydrogen) atoms. The van der Waals surface area contributed by atoms with Crippen LogP contribution >= 0.6 is 11.6 Å². The maximum atomic E-state index is 12.4. The van der Waals surface area contributed by atoms with Crippen LogP contribution in [0.2, 0.25) is 5.02 Å². The molecule has 0 spiro atoms. The summed E-state index contributed by atoms with van der Waals surface area (Å²) in [7, 11) is 0. The fraction of sp³-hybridized carbons (Fsp3) is 0.533. The van der Waals surface area contributed by atoms with Crippen LogP contribution in [0.25, 0.3) is 0 Å². The van der Waals surface area contributed by atoms with Crippen LogP contribution in [0, 0.1) is 5.41 Å². The summed E-state index contributed by atoms with van der Waals surface area (Å²) in [6, 6.07) is 8.07. The monoisotopic (exact) mass is 265 g/mol. The molecular weight excluding hydrogens is 246 g/mol. The molecule has 0 radical (unpaired) electrons. The number of nitrogens with zero attached hydrogens (tertiary/aromatic N) is 1. The van der Waals surface area contributed by atoms with E-state index in [1.807, 2.05) is 49.9 Å². The van der Waals surface area contributed by atoms with Crippen molar-refractivity contribution in [1.29, 1.82) is 0 Å². The summed E-state index contributed by atoms with van der Waals surface area (Å²) in [5, 5.41) is 0.741. The molecule has 98 valence electrons. The largest absolute Gasteiger partial charge is 0.335 e. The molecule has 1 amide bonds. The van der Waals surface area contributed by atoms with Gasteiger partial charge in [-0.25, -0.2) is 0 Å². The van der Waals surface area contributed by atoms with Gasteiger partial charge in [-0.2, -0.15) is 0 Å². The summed E-state index contributed by atoms with van der Waals surface area (Å²) in [6.07, 6.45) is 2.12. The lowest BCUT2D eigenvalue weighted by Crippen LogP contribution is -2.38. The van der Waals surface area contributed by atoms with E-state index in [0.717, 1.165) is 24.4 Å². The molecular formula is C15H20ClNO. The molecule has 1 unspecified atom stereocenters. The molecule has 1 aromatic rings. The highest BCUT2D eigenvalue weighted by molar-refractivity contribution is 6.30. The van der Waals surface area contributed by atoms with Gasteiger partial charge in [0.2, 0.25) is 5.91 Å². The first-order chi connectivity index (χ1) is 8.39. The third-order valence-corrected chi connectivity index (χ3v) is 3.66. The van der Waals surface area contributed by atoms with E-state index in [1.165, 1.54) is 5.56 Å². The normalized spacial score (nSPS) is 20.2. The topological polar surface area (TPSA) is 20.3 Å². The van der Waals surface area contributed by atoms with E-state index in [2.05, 4.69) is 0 Å².